The molecule has 0 amide bonds. The summed E-state index contributed by atoms with van der Waals surface area (Å²) in [5.74, 6) is -0.267. The van der Waals surface area contributed by atoms with Gasteiger partial charge in [0, 0.05) is 6.08 Å². The Morgan fingerprint density at radius 2 is 1.95 bits per heavy atom. The number of hydrogen-bond acceptors (Lipinski definition) is 3. The van der Waals surface area contributed by atoms with E-state index in [0.717, 1.165) is 24.8 Å². The number of hydrogen-bond donors (Lipinski definition) is 0. The summed E-state index contributed by atoms with van der Waals surface area (Å²) in [5.41, 5.74) is 2.34. The number of esters is 1. The third kappa shape index (κ3) is 11.7. The molecule has 19 heavy (non-hydrogen) atoms. The lowest BCUT2D eigenvalue weighted by Crippen LogP contribution is -2.09. The molecule has 0 spiro atoms. The Morgan fingerprint density at radius 3 is 2.53 bits per heavy atom. The molecule has 1 unspecified atom stereocenters. The van der Waals surface area contributed by atoms with Gasteiger partial charge in [-0.05, 0) is 53.9 Å². The van der Waals surface area contributed by atoms with Crippen molar-refractivity contribution in [2.75, 3.05) is 13.2 Å². The molecule has 0 aliphatic carbocycles. The normalized spacial score (nSPS) is 13.0. The molecule has 110 valence electrons. The highest BCUT2D eigenvalue weighted by molar-refractivity contribution is 5.82. The number of allylic oxidation sites excluding steroid dienone is 2. The van der Waals surface area contributed by atoms with Crippen LogP contribution in [-0.2, 0) is 14.3 Å². The molecule has 0 aromatic heterocycles. The Bertz CT molecular complexity index is 312. The van der Waals surface area contributed by atoms with E-state index in [1.165, 1.54) is 5.57 Å². The van der Waals surface area contributed by atoms with Crippen LogP contribution in [0.3, 0.4) is 0 Å². The third-order valence-electron chi connectivity index (χ3n) is 2.68. The summed E-state index contributed by atoms with van der Waals surface area (Å²) in [6.45, 7) is 11.1. The first kappa shape index (κ1) is 17.9. The fraction of sp³-hybridized carbons (Fsp3) is 0.688. The molecule has 0 aliphatic rings. The summed E-state index contributed by atoms with van der Waals surface area (Å²) in [7, 11) is 0. The molecule has 0 radical (unpaired) electrons. The molecule has 0 saturated carbocycles. The van der Waals surface area contributed by atoms with E-state index in [9.17, 15) is 4.79 Å². The second-order valence-electron chi connectivity index (χ2n) is 5.03. The highest BCUT2D eigenvalue weighted by atomic mass is 16.5. The molecule has 3 nitrogen and oxygen atoms in total. The van der Waals surface area contributed by atoms with Gasteiger partial charge in [0.15, 0.2) is 0 Å². The van der Waals surface area contributed by atoms with Gasteiger partial charge in [0.2, 0.25) is 0 Å². The zero-order chi connectivity index (χ0) is 14.7. The average molecular weight is 268 g/mol. The van der Waals surface area contributed by atoms with E-state index in [-0.39, 0.29) is 12.1 Å². The lowest BCUT2D eigenvalue weighted by atomic mass is 10.1. The molecule has 0 heterocycles. The van der Waals surface area contributed by atoms with Crippen LogP contribution in [0.2, 0.25) is 0 Å². The van der Waals surface area contributed by atoms with Crippen LogP contribution in [0.4, 0.5) is 0 Å². The highest BCUT2D eigenvalue weighted by Gasteiger charge is 2.02. The molecular formula is C16H28O3. The predicted molar refractivity (Wildman–Crippen MR) is 79.1 cm³/mol. The summed E-state index contributed by atoms with van der Waals surface area (Å²) in [5, 5.41) is 0. The Labute approximate surface area is 117 Å². The van der Waals surface area contributed by atoms with Gasteiger partial charge in [-0.3, -0.25) is 0 Å². The largest absolute Gasteiger partial charge is 0.463 e. The van der Waals surface area contributed by atoms with Gasteiger partial charge in [0.1, 0.15) is 0 Å². The molecule has 3 heteroatoms. The summed E-state index contributed by atoms with van der Waals surface area (Å²) in [4.78, 5) is 11.2. The summed E-state index contributed by atoms with van der Waals surface area (Å²) in [6.07, 6.45) is 6.89. The quantitative estimate of drug-likeness (QED) is 0.360. The van der Waals surface area contributed by atoms with Crippen molar-refractivity contribution in [3.63, 3.8) is 0 Å². The zero-order valence-corrected chi connectivity index (χ0v) is 13.0. The maximum Gasteiger partial charge on any atom is 0.330 e. The van der Waals surface area contributed by atoms with Crippen molar-refractivity contribution in [2.24, 2.45) is 0 Å². The van der Waals surface area contributed by atoms with E-state index < -0.39 is 0 Å². The van der Waals surface area contributed by atoms with Gasteiger partial charge in [0.25, 0.3) is 0 Å². The van der Waals surface area contributed by atoms with Crippen LogP contribution in [-0.4, -0.2) is 25.3 Å². The van der Waals surface area contributed by atoms with Gasteiger partial charge in [-0.25, -0.2) is 4.79 Å². The van der Waals surface area contributed by atoms with Crippen LogP contribution in [0.1, 0.15) is 53.9 Å². The number of ether oxygens (including phenoxy) is 2. The molecule has 0 saturated heterocycles. The smallest absolute Gasteiger partial charge is 0.330 e. The van der Waals surface area contributed by atoms with Gasteiger partial charge in [-0.1, -0.05) is 17.2 Å². The van der Waals surface area contributed by atoms with Crippen LogP contribution in [0.25, 0.3) is 0 Å². The van der Waals surface area contributed by atoms with Crippen LogP contribution in [0, 0.1) is 0 Å². The monoisotopic (exact) mass is 268 g/mol. The van der Waals surface area contributed by atoms with Crippen molar-refractivity contribution in [3.05, 3.63) is 23.3 Å². The molecule has 0 aromatic rings. The minimum absolute atomic E-state index is 0.256. The molecule has 0 N–H and O–H groups in total. The van der Waals surface area contributed by atoms with Crippen molar-refractivity contribution >= 4 is 5.97 Å². The number of rotatable bonds is 9. The van der Waals surface area contributed by atoms with E-state index in [0.29, 0.717) is 13.2 Å². The third-order valence-corrected chi connectivity index (χ3v) is 2.68. The van der Waals surface area contributed by atoms with Gasteiger partial charge >= 0.3 is 5.97 Å². The summed E-state index contributed by atoms with van der Waals surface area (Å²) < 4.78 is 10.6. The second-order valence-corrected chi connectivity index (χ2v) is 5.03. The van der Waals surface area contributed by atoms with Crippen LogP contribution in [0.5, 0.6) is 0 Å². The van der Waals surface area contributed by atoms with Crippen LogP contribution < -0.4 is 0 Å². The standard InChI is InChI=1S/C16H28O3/c1-6-18-16(17)12-14(4)10-11-19-15(5)9-7-8-13(2)3/h8,12,15H,6-7,9-11H2,1-5H3. The maximum absolute atomic E-state index is 11.2. The first-order chi connectivity index (χ1) is 8.95. The first-order valence-electron chi connectivity index (χ1n) is 7.04. The summed E-state index contributed by atoms with van der Waals surface area (Å²) >= 11 is 0. The molecule has 0 aromatic carbocycles. The predicted octanol–water partition coefficient (Wildman–Crippen LogP) is 4.04. The van der Waals surface area contributed by atoms with Gasteiger partial charge in [-0.15, -0.1) is 0 Å². The zero-order valence-electron chi connectivity index (χ0n) is 13.0. The Balaban J connectivity index is 3.77. The average Bonchev–Trinajstić information content (AvgIpc) is 2.28. The van der Waals surface area contributed by atoms with E-state index in [1.807, 2.05) is 6.92 Å². The Hall–Kier alpha value is -1.09. The lowest BCUT2D eigenvalue weighted by molar-refractivity contribution is -0.137. The van der Waals surface area contributed by atoms with E-state index in [2.05, 4.69) is 26.8 Å². The van der Waals surface area contributed by atoms with Gasteiger partial charge in [-0.2, -0.15) is 0 Å². The van der Waals surface area contributed by atoms with Crippen LogP contribution in [0.15, 0.2) is 23.3 Å². The topological polar surface area (TPSA) is 35.5 Å². The molecule has 0 aliphatic heterocycles. The Kier molecular flexibility index (Phi) is 10.2. The molecular weight excluding hydrogens is 240 g/mol. The molecule has 0 fully saturated rings. The highest BCUT2D eigenvalue weighted by Crippen LogP contribution is 2.07. The van der Waals surface area contributed by atoms with Crippen molar-refractivity contribution in [1.82, 2.24) is 0 Å². The minimum Gasteiger partial charge on any atom is -0.463 e. The number of carbonyl (C=O) groups excluding carboxylic acids is 1. The molecule has 0 bridgehead atoms. The molecule has 1 atom stereocenters. The minimum atomic E-state index is -0.267. The van der Waals surface area contributed by atoms with Crippen molar-refractivity contribution in [3.8, 4) is 0 Å². The van der Waals surface area contributed by atoms with Crippen molar-refractivity contribution in [2.45, 2.75) is 60.0 Å². The van der Waals surface area contributed by atoms with E-state index >= 15 is 0 Å². The second kappa shape index (κ2) is 10.8. The Morgan fingerprint density at radius 1 is 1.26 bits per heavy atom. The SMILES string of the molecule is CCOC(=O)C=C(C)CCOC(C)CCC=C(C)C. The number of carbonyl (C=O) groups is 1. The fourth-order valence-electron chi connectivity index (χ4n) is 1.57. The van der Waals surface area contributed by atoms with E-state index in [1.54, 1.807) is 13.0 Å². The first-order valence-corrected chi connectivity index (χ1v) is 7.04. The van der Waals surface area contributed by atoms with Crippen molar-refractivity contribution in [1.29, 1.82) is 0 Å². The fourth-order valence-corrected chi connectivity index (χ4v) is 1.57. The van der Waals surface area contributed by atoms with Gasteiger partial charge < -0.3 is 9.47 Å². The lowest BCUT2D eigenvalue weighted by Gasteiger charge is -2.12. The molecule has 0 rings (SSSR count). The summed E-state index contributed by atoms with van der Waals surface area (Å²) in [6, 6.07) is 0. The van der Waals surface area contributed by atoms with Crippen molar-refractivity contribution < 1.29 is 14.3 Å². The maximum atomic E-state index is 11.2. The van der Waals surface area contributed by atoms with Crippen LogP contribution >= 0.6 is 0 Å². The van der Waals surface area contributed by atoms with E-state index in [4.69, 9.17) is 9.47 Å². The van der Waals surface area contributed by atoms with Gasteiger partial charge in [0.05, 0.1) is 19.3 Å².